The highest BCUT2D eigenvalue weighted by molar-refractivity contribution is 5.73. The second kappa shape index (κ2) is 22.3. The summed E-state index contributed by atoms with van der Waals surface area (Å²) in [4.78, 5) is 0. The Balaban J connectivity index is 1.21. The summed E-state index contributed by atoms with van der Waals surface area (Å²) in [5.74, 6) is -1.78. The molecule has 0 bridgehead atoms. The van der Waals surface area contributed by atoms with Crippen LogP contribution in [0.2, 0.25) is 0 Å². The molecule has 0 spiro atoms. The van der Waals surface area contributed by atoms with Gasteiger partial charge in [0.15, 0.2) is 11.6 Å². The molecule has 0 heterocycles. The molecule has 0 aliphatic rings. The Kier molecular flexibility index (Phi) is 17.4. The van der Waals surface area contributed by atoms with Crippen molar-refractivity contribution in [1.82, 2.24) is 0 Å². The SMILES string of the molecule is CCCCCCCCCCCCc1ccc(-c2ccc(-c3ccc(-c4ccc(OCCCCCCCCCC)c(F)c4F)cc3)cc2)cc1. The molecule has 0 aliphatic carbocycles. The van der Waals surface area contributed by atoms with Gasteiger partial charge < -0.3 is 4.74 Å². The number of ether oxygens (including phenoxy) is 1. The molecule has 0 amide bonds. The molecule has 0 N–H and O–H groups in total. The van der Waals surface area contributed by atoms with Gasteiger partial charge in [-0.3, -0.25) is 0 Å². The zero-order chi connectivity index (χ0) is 34.5. The van der Waals surface area contributed by atoms with Crippen molar-refractivity contribution in [2.24, 2.45) is 0 Å². The maximum atomic E-state index is 15.1. The third-order valence-electron chi connectivity index (χ3n) is 9.82. The molecule has 0 radical (unpaired) electrons. The Morgan fingerprint density at radius 1 is 0.388 bits per heavy atom. The van der Waals surface area contributed by atoms with Crippen LogP contribution in [0.3, 0.4) is 0 Å². The molecule has 0 fully saturated rings. The number of rotatable bonds is 24. The third-order valence-corrected chi connectivity index (χ3v) is 9.82. The minimum absolute atomic E-state index is 0.00960. The topological polar surface area (TPSA) is 9.23 Å². The molecule has 3 heteroatoms. The first kappa shape index (κ1) is 38.3. The summed E-state index contributed by atoms with van der Waals surface area (Å²) in [5, 5.41) is 0. The van der Waals surface area contributed by atoms with Crippen LogP contribution >= 0.6 is 0 Å². The fraction of sp³-hybridized carbons (Fsp3) is 0.478. The highest BCUT2D eigenvalue weighted by Gasteiger charge is 2.16. The Bertz CT molecular complexity index is 1460. The van der Waals surface area contributed by atoms with E-state index in [4.69, 9.17) is 4.74 Å². The quantitative estimate of drug-likeness (QED) is 0.0676. The number of aryl methyl sites for hydroxylation is 1. The molecular weight excluding hydrogens is 607 g/mol. The third kappa shape index (κ3) is 13.1. The molecule has 0 aliphatic heterocycles. The normalized spacial score (nSPS) is 11.3. The Labute approximate surface area is 296 Å². The average molecular weight is 667 g/mol. The minimum Gasteiger partial charge on any atom is -0.490 e. The molecule has 0 saturated heterocycles. The van der Waals surface area contributed by atoms with Gasteiger partial charge in [-0.05, 0) is 64.8 Å². The summed E-state index contributed by atoms with van der Waals surface area (Å²) in [6, 6.07) is 28.4. The van der Waals surface area contributed by atoms with Crippen molar-refractivity contribution in [1.29, 1.82) is 0 Å². The molecule has 4 aromatic carbocycles. The molecule has 0 unspecified atom stereocenters. The average Bonchev–Trinajstić information content (AvgIpc) is 3.14. The smallest absolute Gasteiger partial charge is 0.201 e. The van der Waals surface area contributed by atoms with Gasteiger partial charge in [-0.25, -0.2) is 4.39 Å². The summed E-state index contributed by atoms with van der Waals surface area (Å²) >= 11 is 0. The van der Waals surface area contributed by atoms with Gasteiger partial charge in [-0.1, -0.05) is 189 Å². The van der Waals surface area contributed by atoms with Crippen molar-refractivity contribution in [3.8, 4) is 39.1 Å². The minimum atomic E-state index is -0.913. The number of halogens is 2. The van der Waals surface area contributed by atoms with Crippen LogP contribution in [0.1, 0.15) is 135 Å². The van der Waals surface area contributed by atoms with E-state index < -0.39 is 11.6 Å². The van der Waals surface area contributed by atoms with Gasteiger partial charge in [-0.15, -0.1) is 0 Å². The molecule has 264 valence electrons. The fourth-order valence-electron chi connectivity index (χ4n) is 6.66. The van der Waals surface area contributed by atoms with E-state index in [1.165, 1.54) is 113 Å². The molecule has 0 saturated carbocycles. The lowest BCUT2D eigenvalue weighted by Gasteiger charge is -2.11. The van der Waals surface area contributed by atoms with E-state index in [2.05, 4.69) is 62.4 Å². The van der Waals surface area contributed by atoms with E-state index in [-0.39, 0.29) is 11.3 Å². The highest BCUT2D eigenvalue weighted by Crippen LogP contribution is 2.32. The van der Waals surface area contributed by atoms with E-state index in [1.54, 1.807) is 12.1 Å². The van der Waals surface area contributed by atoms with Crippen molar-refractivity contribution in [2.45, 2.75) is 136 Å². The maximum absolute atomic E-state index is 15.1. The van der Waals surface area contributed by atoms with Crippen LogP contribution in [0.15, 0.2) is 84.9 Å². The molecule has 0 aromatic heterocycles. The standard InChI is InChI=1S/C46H60F2O/c1-3-5-7-9-11-13-14-15-17-19-21-37-22-24-38(25-23-37)39-26-28-40(29-27-39)41-30-32-42(33-31-41)43-34-35-44(46(48)45(43)47)49-36-20-18-16-12-10-8-6-4-2/h22-35H,3-21,36H2,1-2H3. The van der Waals surface area contributed by atoms with Crippen LogP contribution < -0.4 is 4.74 Å². The Morgan fingerprint density at radius 3 is 1.24 bits per heavy atom. The number of hydrogen-bond acceptors (Lipinski definition) is 1. The predicted octanol–water partition coefficient (Wildman–Crippen LogP) is 14.9. The zero-order valence-electron chi connectivity index (χ0n) is 30.4. The van der Waals surface area contributed by atoms with E-state index >= 15 is 4.39 Å². The van der Waals surface area contributed by atoms with Crippen LogP contribution in [0.25, 0.3) is 33.4 Å². The Morgan fingerprint density at radius 2 is 0.776 bits per heavy atom. The van der Waals surface area contributed by atoms with Crippen molar-refractivity contribution in [3.05, 3.63) is 102 Å². The number of benzene rings is 4. The first-order valence-electron chi connectivity index (χ1n) is 19.5. The number of hydrogen-bond donors (Lipinski definition) is 0. The van der Waals surface area contributed by atoms with Gasteiger partial charge in [0.25, 0.3) is 0 Å². The van der Waals surface area contributed by atoms with Crippen molar-refractivity contribution in [2.75, 3.05) is 6.61 Å². The van der Waals surface area contributed by atoms with Crippen LogP contribution in [0.4, 0.5) is 8.78 Å². The van der Waals surface area contributed by atoms with Crippen molar-refractivity contribution >= 4 is 0 Å². The summed E-state index contributed by atoms with van der Waals surface area (Å²) in [5.41, 5.74) is 6.83. The van der Waals surface area contributed by atoms with Crippen molar-refractivity contribution < 1.29 is 13.5 Å². The van der Waals surface area contributed by atoms with Gasteiger partial charge >= 0.3 is 0 Å². The van der Waals surface area contributed by atoms with Gasteiger partial charge in [-0.2, -0.15) is 4.39 Å². The molecule has 4 rings (SSSR count). The van der Waals surface area contributed by atoms with Gasteiger partial charge in [0.05, 0.1) is 6.61 Å². The summed E-state index contributed by atoms with van der Waals surface area (Å²) < 4.78 is 35.6. The first-order chi connectivity index (χ1) is 24.1. The van der Waals surface area contributed by atoms with E-state index in [1.807, 2.05) is 24.3 Å². The fourth-order valence-corrected chi connectivity index (χ4v) is 6.66. The lowest BCUT2D eigenvalue weighted by molar-refractivity contribution is 0.285. The lowest BCUT2D eigenvalue weighted by atomic mass is 9.97. The monoisotopic (exact) mass is 666 g/mol. The molecule has 49 heavy (non-hydrogen) atoms. The van der Waals surface area contributed by atoms with Crippen LogP contribution in [-0.4, -0.2) is 6.61 Å². The van der Waals surface area contributed by atoms with Gasteiger partial charge in [0.1, 0.15) is 0 Å². The van der Waals surface area contributed by atoms with E-state index in [9.17, 15) is 4.39 Å². The molecule has 4 aromatic rings. The maximum Gasteiger partial charge on any atom is 0.201 e. The Hall–Kier alpha value is -3.46. The molecular formula is C46H60F2O. The zero-order valence-corrected chi connectivity index (χ0v) is 30.4. The lowest BCUT2D eigenvalue weighted by Crippen LogP contribution is -2.01. The summed E-state index contributed by atoms with van der Waals surface area (Å²) in [6.07, 6.45) is 24.3. The van der Waals surface area contributed by atoms with Gasteiger partial charge in [0, 0.05) is 5.56 Å². The summed E-state index contributed by atoms with van der Waals surface area (Å²) in [7, 11) is 0. The van der Waals surface area contributed by atoms with E-state index in [0.717, 1.165) is 36.8 Å². The van der Waals surface area contributed by atoms with Gasteiger partial charge in [0.2, 0.25) is 5.82 Å². The summed E-state index contributed by atoms with van der Waals surface area (Å²) in [6.45, 7) is 4.91. The second-order valence-electron chi connectivity index (χ2n) is 13.8. The van der Waals surface area contributed by atoms with Crippen LogP contribution in [0, 0.1) is 11.6 Å². The van der Waals surface area contributed by atoms with E-state index in [0.29, 0.717) is 12.2 Å². The highest BCUT2D eigenvalue weighted by atomic mass is 19.2. The van der Waals surface area contributed by atoms with Crippen LogP contribution in [-0.2, 0) is 6.42 Å². The van der Waals surface area contributed by atoms with Crippen LogP contribution in [0.5, 0.6) is 5.75 Å². The first-order valence-corrected chi connectivity index (χ1v) is 19.5. The number of unbranched alkanes of at least 4 members (excludes halogenated alkanes) is 16. The molecule has 1 nitrogen and oxygen atoms in total. The van der Waals surface area contributed by atoms with Crippen molar-refractivity contribution in [3.63, 3.8) is 0 Å². The molecule has 0 atom stereocenters. The predicted molar refractivity (Wildman–Crippen MR) is 206 cm³/mol. The largest absolute Gasteiger partial charge is 0.490 e. The second-order valence-corrected chi connectivity index (χ2v) is 13.8.